The van der Waals surface area contributed by atoms with Crippen LogP contribution in [0.15, 0.2) is 0 Å². The van der Waals surface area contributed by atoms with Crippen LogP contribution in [-0.4, -0.2) is 35.5 Å². The van der Waals surface area contributed by atoms with Crippen LogP contribution in [0.1, 0.15) is 65.2 Å². The summed E-state index contributed by atoms with van der Waals surface area (Å²) in [7, 11) is 0. The molecule has 0 aromatic rings. The van der Waals surface area contributed by atoms with Gasteiger partial charge in [-0.1, -0.05) is 13.8 Å². The first-order valence-electron chi connectivity index (χ1n) is 9.29. The van der Waals surface area contributed by atoms with Crippen LogP contribution in [0.5, 0.6) is 0 Å². The third-order valence-corrected chi connectivity index (χ3v) is 6.96. The van der Waals surface area contributed by atoms with Gasteiger partial charge in [0.1, 0.15) is 6.04 Å². The zero-order valence-corrected chi connectivity index (χ0v) is 14.5. The summed E-state index contributed by atoms with van der Waals surface area (Å²) in [6.07, 6.45) is 9.61. The van der Waals surface area contributed by atoms with Crippen LogP contribution in [0.3, 0.4) is 0 Å². The molecule has 4 heteroatoms. The van der Waals surface area contributed by atoms with Gasteiger partial charge in [0.05, 0.1) is 12.6 Å². The molecule has 1 aliphatic heterocycles. The van der Waals surface area contributed by atoms with E-state index in [1.54, 1.807) is 4.90 Å². The minimum Gasteiger partial charge on any atom is -0.326 e. The molecule has 126 valence electrons. The fraction of sp³-hybridized carbons (Fsp3) is 0.895. The predicted molar refractivity (Wildman–Crippen MR) is 88.5 cm³/mol. The predicted octanol–water partition coefficient (Wildman–Crippen LogP) is 2.84. The van der Waals surface area contributed by atoms with Gasteiger partial charge >= 0.3 is 0 Å². The smallest absolute Gasteiger partial charge is 0.237 e. The average Bonchev–Trinajstić information content (AvgIpc) is 2.89. The normalized spacial score (nSPS) is 47.8. The summed E-state index contributed by atoms with van der Waals surface area (Å²) in [5.74, 6) is 0.961. The van der Waals surface area contributed by atoms with Crippen LogP contribution in [0.4, 0.5) is 0 Å². The van der Waals surface area contributed by atoms with Gasteiger partial charge in [0.15, 0.2) is 0 Å². The van der Waals surface area contributed by atoms with E-state index in [1.807, 2.05) is 0 Å². The molecule has 2 unspecified atom stereocenters. The van der Waals surface area contributed by atoms with E-state index in [9.17, 15) is 10.1 Å². The Labute approximate surface area is 139 Å². The highest BCUT2D eigenvalue weighted by molar-refractivity contribution is 5.79. The second-order valence-electron chi connectivity index (χ2n) is 9.64. The number of carbonyl (C=O) groups is 1. The maximum atomic E-state index is 12.6. The van der Waals surface area contributed by atoms with E-state index in [4.69, 9.17) is 0 Å². The first-order chi connectivity index (χ1) is 10.8. The van der Waals surface area contributed by atoms with Crippen LogP contribution >= 0.6 is 0 Å². The number of carbonyl (C=O) groups excluding carboxylic acids is 1. The molecule has 5 aliphatic rings. The van der Waals surface area contributed by atoms with E-state index in [0.29, 0.717) is 17.4 Å². The molecule has 4 aliphatic carbocycles. The molecule has 0 spiro atoms. The molecule has 4 nitrogen and oxygen atoms in total. The SMILES string of the molecule is C[C@]12CC3CC(NCC(=O)N4CCC[C@H]4C#N)(C1)C[C@@](C)(C3)C2. The van der Waals surface area contributed by atoms with Crippen molar-refractivity contribution in [2.75, 3.05) is 13.1 Å². The van der Waals surface area contributed by atoms with Gasteiger partial charge in [0, 0.05) is 12.1 Å². The van der Waals surface area contributed by atoms with Crippen molar-refractivity contribution < 1.29 is 4.79 Å². The van der Waals surface area contributed by atoms with Crippen molar-refractivity contribution in [3.05, 3.63) is 0 Å². The Morgan fingerprint density at radius 3 is 2.52 bits per heavy atom. The molecule has 0 aromatic heterocycles. The van der Waals surface area contributed by atoms with Gasteiger partial charge in [0.2, 0.25) is 5.91 Å². The number of likely N-dealkylation sites (tertiary alicyclic amines) is 1. The van der Waals surface area contributed by atoms with Crippen LogP contribution < -0.4 is 5.32 Å². The summed E-state index contributed by atoms with van der Waals surface area (Å²) in [5, 5.41) is 12.9. The van der Waals surface area contributed by atoms with Crippen molar-refractivity contribution >= 4 is 5.91 Å². The van der Waals surface area contributed by atoms with E-state index in [2.05, 4.69) is 25.2 Å². The second-order valence-corrected chi connectivity index (χ2v) is 9.64. The molecule has 5 atom stereocenters. The number of rotatable bonds is 3. The Bertz CT molecular complexity index is 547. The Kier molecular flexibility index (Phi) is 3.33. The number of amides is 1. The summed E-state index contributed by atoms with van der Waals surface area (Å²) in [4.78, 5) is 14.4. The zero-order chi connectivity index (χ0) is 16.3. The monoisotopic (exact) mass is 315 g/mol. The Hall–Kier alpha value is -1.08. The largest absolute Gasteiger partial charge is 0.326 e. The summed E-state index contributed by atoms with van der Waals surface area (Å²) in [6, 6.07) is 2.08. The number of nitrogens with one attached hydrogen (secondary N) is 1. The third kappa shape index (κ3) is 2.58. The molecule has 4 saturated carbocycles. The highest BCUT2D eigenvalue weighted by Crippen LogP contribution is 2.66. The maximum absolute atomic E-state index is 12.6. The van der Waals surface area contributed by atoms with E-state index in [-0.39, 0.29) is 17.5 Å². The van der Waals surface area contributed by atoms with Crippen molar-refractivity contribution in [3.63, 3.8) is 0 Å². The molecule has 4 bridgehead atoms. The summed E-state index contributed by atoms with van der Waals surface area (Å²) >= 11 is 0. The molecule has 1 saturated heterocycles. The van der Waals surface area contributed by atoms with E-state index in [1.165, 1.54) is 38.5 Å². The van der Waals surface area contributed by atoms with Crippen LogP contribution in [-0.2, 0) is 4.79 Å². The lowest BCUT2D eigenvalue weighted by Crippen LogP contribution is -2.65. The molecule has 1 amide bonds. The number of nitriles is 1. The minimum atomic E-state index is -0.198. The van der Waals surface area contributed by atoms with Crippen LogP contribution in [0.2, 0.25) is 0 Å². The molecular formula is C19H29N3O. The third-order valence-electron chi connectivity index (χ3n) is 6.96. The molecule has 0 aromatic carbocycles. The topological polar surface area (TPSA) is 56.1 Å². The van der Waals surface area contributed by atoms with Crippen molar-refractivity contribution in [1.29, 1.82) is 5.26 Å². The van der Waals surface area contributed by atoms with E-state index < -0.39 is 0 Å². The molecular weight excluding hydrogens is 286 g/mol. The molecule has 23 heavy (non-hydrogen) atoms. The molecule has 0 radical (unpaired) electrons. The fourth-order valence-corrected chi connectivity index (χ4v) is 7.21. The molecule has 5 rings (SSSR count). The molecule has 5 fully saturated rings. The molecule has 1 N–H and O–H groups in total. The first-order valence-corrected chi connectivity index (χ1v) is 9.29. The first kappa shape index (κ1) is 15.4. The Morgan fingerprint density at radius 2 is 1.91 bits per heavy atom. The van der Waals surface area contributed by atoms with Gasteiger partial charge in [-0.05, 0) is 68.1 Å². The number of nitrogens with zero attached hydrogens (tertiary/aromatic N) is 2. The van der Waals surface area contributed by atoms with Gasteiger partial charge in [-0.25, -0.2) is 0 Å². The maximum Gasteiger partial charge on any atom is 0.237 e. The van der Waals surface area contributed by atoms with Gasteiger partial charge in [-0.3, -0.25) is 4.79 Å². The van der Waals surface area contributed by atoms with Gasteiger partial charge in [-0.15, -0.1) is 0 Å². The lowest BCUT2D eigenvalue weighted by atomic mass is 9.43. The Morgan fingerprint density at radius 1 is 1.22 bits per heavy atom. The second kappa shape index (κ2) is 4.96. The van der Waals surface area contributed by atoms with Crippen molar-refractivity contribution in [1.82, 2.24) is 10.2 Å². The van der Waals surface area contributed by atoms with Crippen molar-refractivity contribution in [3.8, 4) is 6.07 Å². The van der Waals surface area contributed by atoms with Crippen molar-refractivity contribution in [2.45, 2.75) is 76.8 Å². The average molecular weight is 315 g/mol. The zero-order valence-electron chi connectivity index (χ0n) is 14.5. The molecule has 1 heterocycles. The van der Waals surface area contributed by atoms with Crippen molar-refractivity contribution in [2.24, 2.45) is 16.7 Å². The highest BCUT2D eigenvalue weighted by Gasteiger charge is 2.60. The minimum absolute atomic E-state index is 0.125. The summed E-state index contributed by atoms with van der Waals surface area (Å²) < 4.78 is 0. The van der Waals surface area contributed by atoms with E-state index >= 15 is 0 Å². The van der Waals surface area contributed by atoms with Crippen LogP contribution in [0, 0.1) is 28.1 Å². The van der Waals surface area contributed by atoms with Gasteiger partial charge < -0.3 is 10.2 Å². The Balaban J connectivity index is 1.45. The highest BCUT2D eigenvalue weighted by atomic mass is 16.2. The fourth-order valence-electron chi connectivity index (χ4n) is 7.21. The number of hydrogen-bond acceptors (Lipinski definition) is 3. The lowest BCUT2D eigenvalue weighted by molar-refractivity contribution is -0.136. The standard InChI is InChI=1S/C19H29N3O/c1-17-6-14-7-18(2,11-17)13-19(8-14,12-17)21-10-16(23)22-5-3-4-15(22)9-20/h14-15,21H,3-8,10-13H2,1-2H3/t14?,15-,17-,18+,19?/m0/s1. The summed E-state index contributed by atoms with van der Waals surface area (Å²) in [6.45, 7) is 6.08. The lowest BCUT2D eigenvalue weighted by Gasteiger charge is -2.65. The van der Waals surface area contributed by atoms with Gasteiger partial charge in [-0.2, -0.15) is 5.26 Å². The number of hydrogen-bond donors (Lipinski definition) is 1. The van der Waals surface area contributed by atoms with Gasteiger partial charge in [0.25, 0.3) is 0 Å². The van der Waals surface area contributed by atoms with Crippen LogP contribution in [0.25, 0.3) is 0 Å². The quantitative estimate of drug-likeness (QED) is 0.871. The summed E-state index contributed by atoms with van der Waals surface area (Å²) in [5.41, 5.74) is 1.10. The van der Waals surface area contributed by atoms with E-state index in [0.717, 1.165) is 25.3 Å².